The third-order valence-electron chi connectivity index (χ3n) is 3.60. The van der Waals surface area contributed by atoms with Gasteiger partial charge in [-0.05, 0) is 25.1 Å². The lowest BCUT2D eigenvalue weighted by Crippen LogP contribution is -2.50. The van der Waals surface area contributed by atoms with Crippen LogP contribution in [0.3, 0.4) is 0 Å². The van der Waals surface area contributed by atoms with Crippen molar-refractivity contribution in [1.29, 1.82) is 0 Å². The first-order chi connectivity index (χ1) is 10.6. The Morgan fingerprint density at radius 1 is 1.27 bits per heavy atom. The standard InChI is InChI=1S/C15H17FN4O2/c1-11-9-14(18-22-11)17-15(21)20-7-5-19(6-8-20)13-4-2-3-12(16)10-13/h2-4,9-10H,5-8H2,1H3,(H,17,18,21). The van der Waals surface area contributed by atoms with Gasteiger partial charge < -0.3 is 14.3 Å². The number of piperazine rings is 1. The summed E-state index contributed by atoms with van der Waals surface area (Å²) in [5.74, 6) is 0.806. The fraction of sp³-hybridized carbons (Fsp3) is 0.333. The molecule has 1 fully saturated rings. The monoisotopic (exact) mass is 304 g/mol. The van der Waals surface area contributed by atoms with E-state index in [4.69, 9.17) is 4.52 Å². The molecule has 116 valence electrons. The van der Waals surface area contributed by atoms with Crippen LogP contribution in [0.4, 0.5) is 20.7 Å². The van der Waals surface area contributed by atoms with Crippen molar-refractivity contribution in [2.75, 3.05) is 36.4 Å². The second-order valence-corrected chi connectivity index (χ2v) is 5.21. The molecular weight excluding hydrogens is 287 g/mol. The Hall–Kier alpha value is -2.57. The first kappa shape index (κ1) is 14.4. The van der Waals surface area contributed by atoms with Crippen molar-refractivity contribution >= 4 is 17.5 Å². The fourth-order valence-electron chi connectivity index (χ4n) is 2.45. The molecule has 2 heterocycles. The van der Waals surface area contributed by atoms with Crippen molar-refractivity contribution in [3.05, 3.63) is 41.9 Å². The van der Waals surface area contributed by atoms with Crippen molar-refractivity contribution in [2.24, 2.45) is 0 Å². The van der Waals surface area contributed by atoms with Crippen LogP contribution in [0.1, 0.15) is 5.76 Å². The maximum Gasteiger partial charge on any atom is 0.323 e. The molecule has 6 nitrogen and oxygen atoms in total. The van der Waals surface area contributed by atoms with Gasteiger partial charge in [0.25, 0.3) is 0 Å². The SMILES string of the molecule is Cc1cc(NC(=O)N2CCN(c3cccc(F)c3)CC2)no1. The van der Waals surface area contributed by atoms with E-state index in [2.05, 4.69) is 15.4 Å². The van der Waals surface area contributed by atoms with Gasteiger partial charge in [-0.25, -0.2) is 9.18 Å². The minimum atomic E-state index is -0.251. The summed E-state index contributed by atoms with van der Waals surface area (Å²) < 4.78 is 18.2. The predicted octanol–water partition coefficient (Wildman–Crippen LogP) is 2.48. The largest absolute Gasteiger partial charge is 0.368 e. The molecular formula is C15H17FN4O2. The van der Waals surface area contributed by atoms with Crippen LogP contribution in [0, 0.1) is 12.7 Å². The molecule has 2 amide bonds. The molecule has 1 aromatic carbocycles. The normalized spacial score (nSPS) is 15.0. The van der Waals surface area contributed by atoms with Crippen LogP contribution in [0.15, 0.2) is 34.9 Å². The smallest absolute Gasteiger partial charge is 0.323 e. The van der Waals surface area contributed by atoms with E-state index < -0.39 is 0 Å². The number of aromatic nitrogens is 1. The highest BCUT2D eigenvalue weighted by molar-refractivity contribution is 5.88. The topological polar surface area (TPSA) is 61.6 Å². The summed E-state index contributed by atoms with van der Waals surface area (Å²) in [4.78, 5) is 15.9. The van der Waals surface area contributed by atoms with Crippen LogP contribution in [0.2, 0.25) is 0 Å². The number of hydrogen-bond donors (Lipinski definition) is 1. The van der Waals surface area contributed by atoms with Crippen molar-refractivity contribution in [3.63, 3.8) is 0 Å². The highest BCUT2D eigenvalue weighted by atomic mass is 19.1. The Kier molecular flexibility index (Phi) is 3.95. The van der Waals surface area contributed by atoms with Gasteiger partial charge in [0.05, 0.1) is 0 Å². The molecule has 1 aromatic heterocycles. The molecule has 0 unspecified atom stereocenters. The summed E-state index contributed by atoms with van der Waals surface area (Å²) in [6.07, 6.45) is 0. The zero-order valence-corrected chi connectivity index (χ0v) is 12.3. The Morgan fingerprint density at radius 2 is 2.05 bits per heavy atom. The molecule has 1 saturated heterocycles. The molecule has 1 aliphatic heterocycles. The van der Waals surface area contributed by atoms with E-state index in [-0.39, 0.29) is 11.8 Å². The summed E-state index contributed by atoms with van der Waals surface area (Å²) in [5, 5.41) is 6.44. The minimum absolute atomic E-state index is 0.202. The third kappa shape index (κ3) is 3.19. The maximum atomic E-state index is 13.3. The number of rotatable bonds is 2. The Labute approximate surface area is 127 Å². The molecule has 1 aliphatic rings. The van der Waals surface area contributed by atoms with E-state index in [9.17, 15) is 9.18 Å². The molecule has 0 radical (unpaired) electrons. The van der Waals surface area contributed by atoms with Crippen LogP contribution in [-0.4, -0.2) is 42.3 Å². The molecule has 0 saturated carbocycles. The van der Waals surface area contributed by atoms with Gasteiger partial charge in [-0.15, -0.1) is 0 Å². The van der Waals surface area contributed by atoms with E-state index >= 15 is 0 Å². The summed E-state index contributed by atoms with van der Waals surface area (Å²) in [6, 6.07) is 7.96. The lowest BCUT2D eigenvalue weighted by atomic mass is 10.2. The number of nitrogens with zero attached hydrogens (tertiary/aromatic N) is 3. The highest BCUT2D eigenvalue weighted by Gasteiger charge is 2.22. The van der Waals surface area contributed by atoms with Gasteiger partial charge in [0, 0.05) is 37.9 Å². The van der Waals surface area contributed by atoms with Crippen molar-refractivity contribution in [3.8, 4) is 0 Å². The minimum Gasteiger partial charge on any atom is -0.368 e. The van der Waals surface area contributed by atoms with Crippen LogP contribution in [0.25, 0.3) is 0 Å². The second-order valence-electron chi connectivity index (χ2n) is 5.21. The van der Waals surface area contributed by atoms with E-state index in [0.717, 1.165) is 5.69 Å². The van der Waals surface area contributed by atoms with Gasteiger partial charge in [-0.3, -0.25) is 5.32 Å². The van der Waals surface area contributed by atoms with Gasteiger partial charge in [-0.1, -0.05) is 11.2 Å². The summed E-state index contributed by atoms with van der Waals surface area (Å²) in [6.45, 7) is 4.22. The zero-order valence-electron chi connectivity index (χ0n) is 12.3. The summed E-state index contributed by atoms with van der Waals surface area (Å²) in [7, 11) is 0. The van der Waals surface area contributed by atoms with Gasteiger partial charge in [0.15, 0.2) is 5.82 Å². The summed E-state index contributed by atoms with van der Waals surface area (Å²) in [5.41, 5.74) is 0.840. The van der Waals surface area contributed by atoms with E-state index in [1.807, 2.05) is 6.07 Å². The zero-order chi connectivity index (χ0) is 15.5. The van der Waals surface area contributed by atoms with Gasteiger partial charge >= 0.3 is 6.03 Å². The lowest BCUT2D eigenvalue weighted by Gasteiger charge is -2.35. The number of nitrogens with one attached hydrogen (secondary N) is 1. The first-order valence-corrected chi connectivity index (χ1v) is 7.11. The predicted molar refractivity (Wildman–Crippen MR) is 80.4 cm³/mol. The molecule has 0 aliphatic carbocycles. The van der Waals surface area contributed by atoms with Crippen LogP contribution < -0.4 is 10.2 Å². The van der Waals surface area contributed by atoms with E-state index in [0.29, 0.717) is 37.8 Å². The number of carbonyl (C=O) groups excluding carboxylic acids is 1. The Balaban J connectivity index is 1.56. The van der Waals surface area contributed by atoms with Gasteiger partial charge in [0.2, 0.25) is 0 Å². The molecule has 1 N–H and O–H groups in total. The van der Waals surface area contributed by atoms with Crippen LogP contribution >= 0.6 is 0 Å². The lowest BCUT2D eigenvalue weighted by molar-refractivity contribution is 0.208. The quantitative estimate of drug-likeness (QED) is 0.926. The number of urea groups is 1. The number of carbonyl (C=O) groups is 1. The number of amides is 2. The van der Waals surface area contributed by atoms with Crippen molar-refractivity contribution < 1.29 is 13.7 Å². The van der Waals surface area contributed by atoms with Gasteiger partial charge in [0.1, 0.15) is 11.6 Å². The highest BCUT2D eigenvalue weighted by Crippen LogP contribution is 2.18. The Morgan fingerprint density at radius 3 is 2.68 bits per heavy atom. The van der Waals surface area contributed by atoms with Crippen LogP contribution in [-0.2, 0) is 0 Å². The number of hydrogen-bond acceptors (Lipinski definition) is 4. The molecule has 22 heavy (non-hydrogen) atoms. The first-order valence-electron chi connectivity index (χ1n) is 7.11. The summed E-state index contributed by atoms with van der Waals surface area (Å²) >= 11 is 0. The number of aryl methyl sites for hydroxylation is 1. The maximum absolute atomic E-state index is 13.3. The molecule has 0 spiro atoms. The van der Waals surface area contributed by atoms with Crippen LogP contribution in [0.5, 0.6) is 0 Å². The Bertz CT molecular complexity index is 665. The van der Waals surface area contributed by atoms with E-state index in [1.165, 1.54) is 12.1 Å². The van der Waals surface area contributed by atoms with E-state index in [1.54, 1.807) is 24.0 Å². The molecule has 7 heteroatoms. The average molecular weight is 304 g/mol. The molecule has 2 aromatic rings. The third-order valence-corrected chi connectivity index (χ3v) is 3.60. The number of anilines is 2. The average Bonchev–Trinajstić information content (AvgIpc) is 2.92. The molecule has 0 bridgehead atoms. The second kappa shape index (κ2) is 6.05. The number of halogens is 1. The fourth-order valence-corrected chi connectivity index (χ4v) is 2.45. The van der Waals surface area contributed by atoms with Crippen molar-refractivity contribution in [2.45, 2.75) is 6.92 Å². The van der Waals surface area contributed by atoms with Crippen molar-refractivity contribution in [1.82, 2.24) is 10.1 Å². The molecule has 3 rings (SSSR count). The molecule has 0 atom stereocenters. The van der Waals surface area contributed by atoms with Gasteiger partial charge in [-0.2, -0.15) is 0 Å². The number of benzene rings is 1.